The van der Waals surface area contributed by atoms with E-state index in [0.29, 0.717) is 5.92 Å². The average Bonchev–Trinajstić information content (AvgIpc) is 3.02. The van der Waals surface area contributed by atoms with E-state index in [1.54, 1.807) is 0 Å². The van der Waals surface area contributed by atoms with Crippen molar-refractivity contribution in [1.82, 2.24) is 9.88 Å². The zero-order chi connectivity index (χ0) is 16.2. The van der Waals surface area contributed by atoms with Gasteiger partial charge in [-0.05, 0) is 24.5 Å². The number of nitrogens with one attached hydrogen (secondary N) is 2. The second-order valence-corrected chi connectivity index (χ2v) is 6.61. The lowest BCUT2D eigenvalue weighted by Crippen LogP contribution is -2.31. The van der Waals surface area contributed by atoms with E-state index in [1.807, 2.05) is 36.5 Å². The maximum atomic E-state index is 5.51. The Bertz CT molecular complexity index is 670. The largest absolute Gasteiger partial charge is 0.383 e. The Labute approximate surface area is 143 Å². The lowest BCUT2D eigenvalue weighted by molar-refractivity contribution is 0.167. The maximum absolute atomic E-state index is 5.51. The first-order valence-electron chi connectivity index (χ1n) is 8.72. The molecule has 5 heteroatoms. The maximum Gasteiger partial charge on any atom is 0.132 e. The predicted molar refractivity (Wildman–Crippen MR) is 96.7 cm³/mol. The minimum atomic E-state index is 0.679. The van der Waals surface area contributed by atoms with Gasteiger partial charge in [-0.15, -0.1) is 0 Å². The standard InChI is InChI=1S/C19H24N4O/c1-2-4-17(5-3-1)22-19-10-18-16(11-21-19)13-23(8-7-20-18)12-15-6-9-24-14-15/h1-5,10-11,15,20H,6-9,12-14H2,(H,21,22). The first kappa shape index (κ1) is 15.4. The molecule has 0 spiro atoms. The number of para-hydroxylation sites is 1. The summed E-state index contributed by atoms with van der Waals surface area (Å²) in [4.78, 5) is 7.11. The summed E-state index contributed by atoms with van der Waals surface area (Å²) in [5, 5.41) is 6.92. The van der Waals surface area contributed by atoms with Crippen molar-refractivity contribution in [2.75, 3.05) is 43.5 Å². The van der Waals surface area contributed by atoms with Gasteiger partial charge in [0.15, 0.2) is 0 Å². The van der Waals surface area contributed by atoms with Crippen LogP contribution in [0, 0.1) is 5.92 Å². The number of ether oxygens (including phenoxy) is 1. The van der Waals surface area contributed by atoms with Gasteiger partial charge < -0.3 is 15.4 Å². The van der Waals surface area contributed by atoms with Crippen molar-refractivity contribution in [2.24, 2.45) is 5.92 Å². The first-order chi connectivity index (χ1) is 11.9. The molecular formula is C19H24N4O. The molecule has 1 atom stereocenters. The third kappa shape index (κ3) is 3.68. The Balaban J connectivity index is 1.45. The van der Waals surface area contributed by atoms with Gasteiger partial charge in [0, 0.05) is 62.0 Å². The summed E-state index contributed by atoms with van der Waals surface area (Å²) < 4.78 is 5.51. The topological polar surface area (TPSA) is 49.4 Å². The first-order valence-corrected chi connectivity index (χ1v) is 8.72. The number of hydrogen-bond donors (Lipinski definition) is 2. The van der Waals surface area contributed by atoms with Crippen LogP contribution < -0.4 is 10.6 Å². The number of nitrogens with zero attached hydrogens (tertiary/aromatic N) is 2. The van der Waals surface area contributed by atoms with Gasteiger partial charge in [0.05, 0.1) is 6.61 Å². The van der Waals surface area contributed by atoms with Gasteiger partial charge in [-0.25, -0.2) is 4.98 Å². The molecule has 2 aromatic rings. The highest BCUT2D eigenvalue weighted by Gasteiger charge is 2.21. The molecule has 1 aromatic carbocycles. The van der Waals surface area contributed by atoms with Crippen LogP contribution in [0.2, 0.25) is 0 Å². The lowest BCUT2D eigenvalue weighted by Gasteiger charge is -2.22. The van der Waals surface area contributed by atoms with Crippen molar-refractivity contribution in [3.63, 3.8) is 0 Å². The summed E-state index contributed by atoms with van der Waals surface area (Å²) in [6.07, 6.45) is 3.19. The predicted octanol–water partition coefficient (Wildman–Crippen LogP) is 3.09. The average molecular weight is 324 g/mol. The fourth-order valence-corrected chi connectivity index (χ4v) is 3.43. The monoisotopic (exact) mass is 324 g/mol. The Morgan fingerprint density at radius 1 is 1.29 bits per heavy atom. The number of pyridine rings is 1. The van der Waals surface area contributed by atoms with Crippen LogP contribution in [0.3, 0.4) is 0 Å². The second kappa shape index (κ2) is 7.20. The van der Waals surface area contributed by atoms with Gasteiger partial charge in [-0.3, -0.25) is 4.90 Å². The van der Waals surface area contributed by atoms with Crippen LogP contribution in [-0.2, 0) is 11.3 Å². The van der Waals surface area contributed by atoms with Gasteiger partial charge in [0.25, 0.3) is 0 Å². The van der Waals surface area contributed by atoms with E-state index in [0.717, 1.165) is 50.9 Å². The minimum absolute atomic E-state index is 0.679. The molecule has 0 aliphatic carbocycles. The van der Waals surface area contributed by atoms with Crippen LogP contribution in [0.15, 0.2) is 42.6 Å². The van der Waals surface area contributed by atoms with Gasteiger partial charge in [0.2, 0.25) is 0 Å². The van der Waals surface area contributed by atoms with Gasteiger partial charge in [0.1, 0.15) is 5.82 Å². The molecule has 2 aliphatic heterocycles. The number of benzene rings is 1. The molecule has 0 radical (unpaired) electrons. The molecule has 2 aliphatic rings. The summed E-state index contributed by atoms with van der Waals surface area (Å²) in [7, 11) is 0. The summed E-state index contributed by atoms with van der Waals surface area (Å²) in [5.41, 5.74) is 3.51. The SMILES string of the molecule is c1ccc(Nc2cc3c(cn2)CN(CC2CCOC2)CCN3)cc1. The quantitative estimate of drug-likeness (QED) is 0.905. The van der Waals surface area contributed by atoms with E-state index < -0.39 is 0 Å². The van der Waals surface area contributed by atoms with Crippen molar-refractivity contribution in [3.8, 4) is 0 Å². The summed E-state index contributed by atoms with van der Waals surface area (Å²) in [6.45, 7) is 5.93. The van der Waals surface area contributed by atoms with Crippen molar-refractivity contribution >= 4 is 17.2 Å². The molecule has 1 aromatic heterocycles. The van der Waals surface area contributed by atoms with Crippen molar-refractivity contribution in [2.45, 2.75) is 13.0 Å². The molecule has 0 saturated carbocycles. The molecule has 126 valence electrons. The van der Waals surface area contributed by atoms with Crippen LogP contribution >= 0.6 is 0 Å². The highest BCUT2D eigenvalue weighted by atomic mass is 16.5. The fourth-order valence-electron chi connectivity index (χ4n) is 3.43. The van der Waals surface area contributed by atoms with Gasteiger partial charge in [-0.2, -0.15) is 0 Å². The number of hydrogen-bond acceptors (Lipinski definition) is 5. The van der Waals surface area contributed by atoms with Crippen molar-refractivity contribution in [3.05, 3.63) is 48.2 Å². The molecule has 1 unspecified atom stereocenters. The lowest BCUT2D eigenvalue weighted by atomic mass is 10.1. The van der Waals surface area contributed by atoms with Crippen LogP contribution in [0.25, 0.3) is 0 Å². The smallest absolute Gasteiger partial charge is 0.132 e. The zero-order valence-corrected chi connectivity index (χ0v) is 13.9. The molecule has 24 heavy (non-hydrogen) atoms. The van der Waals surface area contributed by atoms with E-state index >= 15 is 0 Å². The molecule has 0 bridgehead atoms. The summed E-state index contributed by atoms with van der Waals surface area (Å²) >= 11 is 0. The van der Waals surface area contributed by atoms with E-state index in [9.17, 15) is 0 Å². The zero-order valence-electron chi connectivity index (χ0n) is 13.9. The van der Waals surface area contributed by atoms with Crippen LogP contribution in [0.1, 0.15) is 12.0 Å². The molecule has 2 N–H and O–H groups in total. The third-order valence-electron chi connectivity index (χ3n) is 4.71. The number of rotatable bonds is 4. The molecule has 4 rings (SSSR count). The van der Waals surface area contributed by atoms with Crippen molar-refractivity contribution < 1.29 is 4.74 Å². The van der Waals surface area contributed by atoms with E-state index in [2.05, 4.69) is 26.6 Å². The number of anilines is 3. The Hall–Kier alpha value is -2.11. The molecular weight excluding hydrogens is 300 g/mol. The minimum Gasteiger partial charge on any atom is -0.383 e. The number of aromatic nitrogens is 1. The molecule has 1 saturated heterocycles. The van der Waals surface area contributed by atoms with Crippen LogP contribution in [-0.4, -0.2) is 42.7 Å². The molecule has 1 fully saturated rings. The van der Waals surface area contributed by atoms with E-state index in [1.165, 1.54) is 17.7 Å². The fraction of sp³-hybridized carbons (Fsp3) is 0.421. The highest BCUT2D eigenvalue weighted by molar-refractivity contribution is 5.63. The Morgan fingerprint density at radius 3 is 3.04 bits per heavy atom. The molecule has 0 amide bonds. The molecule has 5 nitrogen and oxygen atoms in total. The summed E-state index contributed by atoms with van der Waals surface area (Å²) in [6, 6.07) is 12.3. The van der Waals surface area contributed by atoms with E-state index in [4.69, 9.17) is 4.74 Å². The van der Waals surface area contributed by atoms with E-state index in [-0.39, 0.29) is 0 Å². The number of fused-ring (bicyclic) bond motifs is 1. The normalized spacial score (nSPS) is 20.9. The summed E-state index contributed by atoms with van der Waals surface area (Å²) in [5.74, 6) is 1.56. The Morgan fingerprint density at radius 2 is 2.21 bits per heavy atom. The Kier molecular flexibility index (Phi) is 4.62. The van der Waals surface area contributed by atoms with Crippen molar-refractivity contribution in [1.29, 1.82) is 0 Å². The second-order valence-electron chi connectivity index (χ2n) is 6.61. The van der Waals surface area contributed by atoms with Crippen LogP contribution in [0.4, 0.5) is 17.2 Å². The van der Waals surface area contributed by atoms with Gasteiger partial charge in [-0.1, -0.05) is 18.2 Å². The van der Waals surface area contributed by atoms with Gasteiger partial charge >= 0.3 is 0 Å². The highest BCUT2D eigenvalue weighted by Crippen LogP contribution is 2.25. The van der Waals surface area contributed by atoms with Crippen LogP contribution in [0.5, 0.6) is 0 Å². The third-order valence-corrected chi connectivity index (χ3v) is 4.71. The molecule has 3 heterocycles.